The van der Waals surface area contributed by atoms with Crippen LogP contribution in [0, 0.1) is 0 Å². The number of hydrogen-bond donors (Lipinski definition) is 1. The molecule has 1 saturated carbocycles. The summed E-state index contributed by atoms with van der Waals surface area (Å²) in [4.78, 5) is 2.65. The Labute approximate surface area is 129 Å². The molecule has 0 spiro atoms. The van der Waals surface area contributed by atoms with Gasteiger partial charge in [-0.05, 0) is 39.0 Å². The van der Waals surface area contributed by atoms with Crippen molar-refractivity contribution < 1.29 is 4.74 Å². The van der Waals surface area contributed by atoms with E-state index in [4.69, 9.17) is 4.74 Å². The normalized spacial score (nSPS) is 18.9. The van der Waals surface area contributed by atoms with Crippen LogP contribution in [-0.2, 0) is 0 Å². The molecule has 3 nitrogen and oxygen atoms in total. The third kappa shape index (κ3) is 2.95. The van der Waals surface area contributed by atoms with Crippen LogP contribution in [0.4, 0.5) is 0 Å². The fourth-order valence-electron chi connectivity index (χ4n) is 4.25. The van der Waals surface area contributed by atoms with E-state index in [1.54, 1.807) is 7.11 Å². The van der Waals surface area contributed by atoms with Crippen LogP contribution in [0.2, 0.25) is 0 Å². The summed E-state index contributed by atoms with van der Waals surface area (Å²) < 4.78 is 5.62. The highest BCUT2D eigenvalue weighted by Crippen LogP contribution is 2.46. The molecule has 1 aromatic carbocycles. The van der Waals surface area contributed by atoms with E-state index in [2.05, 4.69) is 49.3 Å². The molecule has 1 fully saturated rings. The van der Waals surface area contributed by atoms with Crippen LogP contribution in [0.3, 0.4) is 0 Å². The molecule has 0 heterocycles. The van der Waals surface area contributed by atoms with Gasteiger partial charge in [-0.1, -0.05) is 44.9 Å². The molecule has 0 saturated heterocycles. The van der Waals surface area contributed by atoms with Crippen molar-refractivity contribution in [3.05, 3.63) is 29.8 Å². The van der Waals surface area contributed by atoms with Gasteiger partial charge in [0.2, 0.25) is 0 Å². The Morgan fingerprint density at radius 3 is 2.33 bits per heavy atom. The van der Waals surface area contributed by atoms with Gasteiger partial charge in [-0.25, -0.2) is 0 Å². The van der Waals surface area contributed by atoms with E-state index in [0.717, 1.165) is 18.8 Å². The molecule has 0 amide bonds. The zero-order valence-electron chi connectivity index (χ0n) is 14.0. The van der Waals surface area contributed by atoms with Gasteiger partial charge in [0.15, 0.2) is 0 Å². The second-order valence-corrected chi connectivity index (χ2v) is 5.95. The minimum absolute atomic E-state index is 0.215. The van der Waals surface area contributed by atoms with E-state index in [9.17, 15) is 0 Å². The number of benzene rings is 1. The lowest BCUT2D eigenvalue weighted by Crippen LogP contribution is -2.54. The Bertz CT molecular complexity index is 437. The molecule has 1 N–H and O–H groups in total. The van der Waals surface area contributed by atoms with Gasteiger partial charge in [0.05, 0.1) is 13.2 Å². The Kier molecular flexibility index (Phi) is 5.65. The summed E-state index contributed by atoms with van der Waals surface area (Å²) in [6.07, 6.45) is 5.17. The average Bonchev–Trinajstić information content (AvgIpc) is 3.00. The maximum atomic E-state index is 5.62. The highest BCUT2D eigenvalue weighted by Gasteiger charge is 2.45. The molecule has 1 aliphatic rings. The molecule has 0 radical (unpaired) electrons. The largest absolute Gasteiger partial charge is 0.496 e. The van der Waals surface area contributed by atoms with Crippen LogP contribution in [0.1, 0.15) is 51.1 Å². The van der Waals surface area contributed by atoms with Crippen LogP contribution in [0.15, 0.2) is 24.3 Å². The van der Waals surface area contributed by atoms with Crippen LogP contribution in [-0.4, -0.2) is 37.7 Å². The van der Waals surface area contributed by atoms with Gasteiger partial charge in [0.1, 0.15) is 5.75 Å². The predicted octanol–water partition coefficient (Wildman–Crippen LogP) is 3.61. The summed E-state index contributed by atoms with van der Waals surface area (Å²) in [7, 11) is 3.85. The number of ether oxygens (including phenoxy) is 1. The summed E-state index contributed by atoms with van der Waals surface area (Å²) in [5, 5.41) is 3.60. The van der Waals surface area contributed by atoms with Crippen LogP contribution >= 0.6 is 0 Å². The first-order chi connectivity index (χ1) is 10.2. The number of hydrogen-bond acceptors (Lipinski definition) is 3. The van der Waals surface area contributed by atoms with Gasteiger partial charge in [-0.2, -0.15) is 0 Å². The molecule has 1 unspecified atom stereocenters. The van der Waals surface area contributed by atoms with Crippen molar-refractivity contribution >= 4 is 0 Å². The van der Waals surface area contributed by atoms with E-state index in [0.29, 0.717) is 6.04 Å². The fraction of sp³-hybridized carbons (Fsp3) is 0.667. The van der Waals surface area contributed by atoms with E-state index in [1.165, 1.54) is 31.2 Å². The van der Waals surface area contributed by atoms with Crippen molar-refractivity contribution in [1.82, 2.24) is 10.2 Å². The monoisotopic (exact) mass is 290 g/mol. The molecule has 0 bridgehead atoms. The first kappa shape index (κ1) is 16.3. The summed E-state index contributed by atoms with van der Waals surface area (Å²) in [5.41, 5.74) is 1.50. The second kappa shape index (κ2) is 7.28. The maximum absolute atomic E-state index is 5.62. The molecule has 0 aliphatic heterocycles. The third-order valence-corrected chi connectivity index (χ3v) is 5.14. The summed E-state index contributed by atoms with van der Waals surface area (Å²) in [6, 6.07) is 8.77. The number of likely N-dealkylation sites (N-methyl/N-ethyl adjacent to an activating group) is 2. The first-order valence-corrected chi connectivity index (χ1v) is 8.28. The lowest BCUT2D eigenvalue weighted by atomic mass is 9.81. The highest BCUT2D eigenvalue weighted by atomic mass is 16.5. The lowest BCUT2D eigenvalue weighted by Gasteiger charge is -2.46. The van der Waals surface area contributed by atoms with Gasteiger partial charge in [0.25, 0.3) is 0 Å². The van der Waals surface area contributed by atoms with E-state index >= 15 is 0 Å². The minimum Gasteiger partial charge on any atom is -0.496 e. The fourth-order valence-corrected chi connectivity index (χ4v) is 4.25. The number of methoxy groups -OCH3 is 1. The van der Waals surface area contributed by atoms with Crippen molar-refractivity contribution in [2.45, 2.75) is 51.1 Å². The Hall–Kier alpha value is -1.06. The molecule has 3 heteroatoms. The molecular weight excluding hydrogens is 260 g/mol. The number of nitrogens with one attached hydrogen (secondary N) is 1. The van der Waals surface area contributed by atoms with Crippen LogP contribution in [0.25, 0.3) is 0 Å². The number of para-hydroxylation sites is 1. The quantitative estimate of drug-likeness (QED) is 0.830. The summed E-state index contributed by atoms with van der Waals surface area (Å²) >= 11 is 0. The van der Waals surface area contributed by atoms with Crippen molar-refractivity contribution in [1.29, 1.82) is 0 Å². The SMILES string of the molecule is CCN(CC)C1(C(NC)c2ccccc2OC)CCCC1. The van der Waals surface area contributed by atoms with Crippen molar-refractivity contribution in [3.8, 4) is 5.75 Å². The van der Waals surface area contributed by atoms with E-state index in [-0.39, 0.29) is 5.54 Å². The highest BCUT2D eigenvalue weighted by molar-refractivity contribution is 5.38. The molecule has 21 heavy (non-hydrogen) atoms. The molecule has 0 aromatic heterocycles. The molecular formula is C18H30N2O. The van der Waals surface area contributed by atoms with E-state index in [1.807, 2.05) is 6.07 Å². The van der Waals surface area contributed by atoms with Crippen LogP contribution in [0.5, 0.6) is 5.75 Å². The average molecular weight is 290 g/mol. The maximum Gasteiger partial charge on any atom is 0.123 e. The van der Waals surface area contributed by atoms with E-state index < -0.39 is 0 Å². The molecule has 1 atom stereocenters. The van der Waals surface area contributed by atoms with Gasteiger partial charge >= 0.3 is 0 Å². The molecule has 1 aromatic rings. The summed E-state index contributed by atoms with van der Waals surface area (Å²) in [5.74, 6) is 0.996. The Morgan fingerprint density at radius 1 is 1.19 bits per heavy atom. The third-order valence-electron chi connectivity index (χ3n) is 5.14. The Balaban J connectivity index is 2.45. The Morgan fingerprint density at radius 2 is 1.81 bits per heavy atom. The zero-order valence-corrected chi connectivity index (χ0v) is 14.0. The van der Waals surface area contributed by atoms with Gasteiger partial charge in [-0.3, -0.25) is 4.90 Å². The number of nitrogens with zero attached hydrogens (tertiary/aromatic N) is 1. The topological polar surface area (TPSA) is 24.5 Å². The lowest BCUT2D eigenvalue weighted by molar-refractivity contribution is 0.0646. The van der Waals surface area contributed by atoms with Gasteiger partial charge < -0.3 is 10.1 Å². The van der Waals surface area contributed by atoms with Gasteiger partial charge in [0, 0.05) is 11.1 Å². The standard InChI is InChI=1S/C18H30N2O/c1-5-20(6-2)18(13-9-10-14-18)17(19-3)15-11-7-8-12-16(15)21-4/h7-8,11-12,17,19H,5-6,9-10,13-14H2,1-4H3. The smallest absolute Gasteiger partial charge is 0.123 e. The second-order valence-electron chi connectivity index (χ2n) is 5.95. The first-order valence-electron chi connectivity index (χ1n) is 8.28. The molecule has 118 valence electrons. The molecule has 2 rings (SSSR count). The summed E-state index contributed by atoms with van der Waals surface area (Å²) in [6.45, 7) is 6.75. The minimum atomic E-state index is 0.215. The number of rotatable bonds is 7. The van der Waals surface area contributed by atoms with Crippen LogP contribution < -0.4 is 10.1 Å². The van der Waals surface area contributed by atoms with Crippen molar-refractivity contribution in [2.24, 2.45) is 0 Å². The zero-order chi connectivity index (χ0) is 15.3. The molecule has 1 aliphatic carbocycles. The predicted molar refractivity (Wildman–Crippen MR) is 88.9 cm³/mol. The van der Waals surface area contributed by atoms with Gasteiger partial charge in [-0.15, -0.1) is 0 Å². The van der Waals surface area contributed by atoms with Crippen molar-refractivity contribution in [2.75, 3.05) is 27.2 Å². The van der Waals surface area contributed by atoms with Crippen molar-refractivity contribution in [3.63, 3.8) is 0 Å².